The fourth-order valence-corrected chi connectivity index (χ4v) is 3.74. The molecule has 0 fully saturated rings. The summed E-state index contributed by atoms with van der Waals surface area (Å²) in [5.41, 5.74) is -0.398. The van der Waals surface area contributed by atoms with E-state index < -0.39 is 40.7 Å². The highest BCUT2D eigenvalue weighted by Gasteiger charge is 2.37. The molecule has 11 heteroatoms. The summed E-state index contributed by atoms with van der Waals surface area (Å²) in [6.07, 6.45) is 1.36. The van der Waals surface area contributed by atoms with Crippen molar-refractivity contribution in [2.24, 2.45) is 5.10 Å². The molecular formula is C24H13Cl2F5N2O2. The lowest BCUT2D eigenvalue weighted by Gasteiger charge is -2.15. The predicted molar refractivity (Wildman–Crippen MR) is 122 cm³/mol. The number of benzene rings is 3. The molecule has 0 saturated carbocycles. The van der Waals surface area contributed by atoms with Crippen molar-refractivity contribution in [3.8, 4) is 5.75 Å². The topological polar surface area (TPSA) is 41.9 Å². The minimum Gasteiger partial charge on any atom is -0.489 e. The maximum Gasteiger partial charge on any atom is 0.280 e. The monoisotopic (exact) mass is 526 g/mol. The van der Waals surface area contributed by atoms with E-state index in [1.54, 1.807) is 42.5 Å². The number of halogens is 7. The summed E-state index contributed by atoms with van der Waals surface area (Å²) in [6.45, 7) is 1.49. The smallest absolute Gasteiger partial charge is 0.280 e. The summed E-state index contributed by atoms with van der Waals surface area (Å²) in [5, 5.41) is 4.76. The third-order valence-corrected chi connectivity index (χ3v) is 5.63. The van der Waals surface area contributed by atoms with Crippen molar-refractivity contribution in [2.75, 3.05) is 5.01 Å². The molecule has 0 aromatic heterocycles. The molecule has 0 N–H and O–H groups in total. The zero-order chi connectivity index (χ0) is 25.4. The van der Waals surface area contributed by atoms with Crippen LogP contribution in [-0.2, 0) is 11.4 Å². The number of hydrogen-bond donors (Lipinski definition) is 0. The SMILES string of the molecule is CC1=NN(c2c(F)c(F)c(F)c(F)c2F)C(=O)/C1=C\c1cccc(OCc2ccc(Cl)cc2Cl)c1. The van der Waals surface area contributed by atoms with Crippen molar-refractivity contribution < 1.29 is 31.5 Å². The van der Waals surface area contributed by atoms with E-state index in [1.165, 1.54) is 13.0 Å². The van der Waals surface area contributed by atoms with Crippen LogP contribution < -0.4 is 9.75 Å². The minimum absolute atomic E-state index is 0.0122. The maximum absolute atomic E-state index is 14.2. The van der Waals surface area contributed by atoms with E-state index in [1.807, 2.05) is 0 Å². The molecule has 0 bridgehead atoms. The van der Waals surface area contributed by atoms with Gasteiger partial charge in [0.15, 0.2) is 23.3 Å². The number of ether oxygens (including phenoxy) is 1. The summed E-state index contributed by atoms with van der Waals surface area (Å²) in [5.74, 6) is -11.7. The van der Waals surface area contributed by atoms with Gasteiger partial charge in [-0.15, -0.1) is 0 Å². The Morgan fingerprint density at radius 3 is 2.26 bits per heavy atom. The van der Waals surface area contributed by atoms with Gasteiger partial charge in [0, 0.05) is 15.6 Å². The molecule has 4 nitrogen and oxygen atoms in total. The van der Waals surface area contributed by atoms with Crippen molar-refractivity contribution in [1.82, 2.24) is 0 Å². The molecule has 0 aliphatic carbocycles. The maximum atomic E-state index is 14.2. The van der Waals surface area contributed by atoms with Crippen LogP contribution >= 0.6 is 23.2 Å². The van der Waals surface area contributed by atoms with Crippen LogP contribution in [0.15, 0.2) is 53.1 Å². The molecule has 0 unspecified atom stereocenters. The lowest BCUT2D eigenvalue weighted by molar-refractivity contribution is -0.114. The molecule has 4 rings (SSSR count). The van der Waals surface area contributed by atoms with Crippen LogP contribution in [0.2, 0.25) is 10.0 Å². The lowest BCUT2D eigenvalue weighted by atomic mass is 10.1. The highest BCUT2D eigenvalue weighted by molar-refractivity contribution is 6.35. The molecule has 3 aromatic carbocycles. The Bertz CT molecular complexity index is 1400. The van der Waals surface area contributed by atoms with Gasteiger partial charge in [-0.2, -0.15) is 10.1 Å². The van der Waals surface area contributed by atoms with Gasteiger partial charge in [-0.1, -0.05) is 41.4 Å². The quantitative estimate of drug-likeness (QED) is 0.154. The van der Waals surface area contributed by atoms with Crippen molar-refractivity contribution in [2.45, 2.75) is 13.5 Å². The number of rotatable bonds is 5. The molecule has 1 aliphatic heterocycles. The first-order valence-electron chi connectivity index (χ1n) is 9.88. The van der Waals surface area contributed by atoms with Crippen LogP contribution in [0.5, 0.6) is 5.75 Å². The van der Waals surface area contributed by atoms with Crippen molar-refractivity contribution in [3.63, 3.8) is 0 Å². The minimum atomic E-state index is -2.33. The number of hydrazone groups is 1. The van der Waals surface area contributed by atoms with Gasteiger partial charge in [0.1, 0.15) is 18.0 Å². The third kappa shape index (κ3) is 4.74. The highest BCUT2D eigenvalue weighted by atomic mass is 35.5. The summed E-state index contributed by atoms with van der Waals surface area (Å²) in [7, 11) is 0. The molecule has 1 aliphatic rings. The predicted octanol–water partition coefficient (Wildman–Crippen LogP) is 7.07. The molecule has 1 amide bonds. The highest BCUT2D eigenvalue weighted by Crippen LogP contribution is 2.34. The number of carbonyl (C=O) groups is 1. The summed E-state index contributed by atoms with van der Waals surface area (Å²) in [4.78, 5) is 12.8. The first kappa shape index (κ1) is 24.7. The van der Waals surface area contributed by atoms with E-state index in [2.05, 4.69) is 5.10 Å². The number of hydrogen-bond acceptors (Lipinski definition) is 3. The first-order chi connectivity index (χ1) is 16.6. The Hall–Kier alpha value is -3.43. The average Bonchev–Trinajstić information content (AvgIpc) is 3.09. The Balaban J connectivity index is 1.60. The van der Waals surface area contributed by atoms with E-state index in [-0.39, 0.29) is 22.9 Å². The zero-order valence-corrected chi connectivity index (χ0v) is 19.2. The van der Waals surface area contributed by atoms with Crippen molar-refractivity contribution in [3.05, 3.63) is 98.3 Å². The average molecular weight is 527 g/mol. The van der Waals surface area contributed by atoms with E-state index in [4.69, 9.17) is 27.9 Å². The standard InChI is InChI=1S/C24H13Cl2F5N2O2/c1-11-16(24(34)33(32-11)23-21(30)19(28)18(27)20(29)22(23)31)8-12-3-2-4-15(7-12)35-10-13-5-6-14(25)9-17(13)26/h2-9H,10H2,1H3/b16-8-. The molecular weight excluding hydrogens is 514 g/mol. The van der Waals surface area contributed by atoms with Crippen LogP contribution in [0.4, 0.5) is 27.6 Å². The molecule has 0 saturated heterocycles. The fraction of sp³-hybridized carbons (Fsp3) is 0.0833. The number of amides is 1. The van der Waals surface area contributed by atoms with Gasteiger partial charge in [-0.3, -0.25) is 4.79 Å². The third-order valence-electron chi connectivity index (χ3n) is 5.04. The Labute approximate surface area is 205 Å². The van der Waals surface area contributed by atoms with Crippen molar-refractivity contribution >= 4 is 46.6 Å². The van der Waals surface area contributed by atoms with Crippen LogP contribution in [-0.4, -0.2) is 11.6 Å². The molecule has 1 heterocycles. The second-order valence-corrected chi connectivity index (χ2v) is 8.22. The summed E-state index contributed by atoms with van der Waals surface area (Å²) in [6, 6.07) is 11.4. The van der Waals surface area contributed by atoms with Gasteiger partial charge >= 0.3 is 0 Å². The van der Waals surface area contributed by atoms with Gasteiger partial charge < -0.3 is 4.74 Å². The Morgan fingerprint density at radius 1 is 0.943 bits per heavy atom. The van der Waals surface area contributed by atoms with Crippen LogP contribution in [0.1, 0.15) is 18.1 Å². The Kier molecular flexibility index (Phi) is 6.82. The molecule has 0 atom stereocenters. The van der Waals surface area contributed by atoms with Crippen LogP contribution in [0, 0.1) is 29.1 Å². The Morgan fingerprint density at radius 2 is 1.60 bits per heavy atom. The number of carbonyl (C=O) groups excluding carboxylic acids is 1. The molecule has 3 aromatic rings. The molecule has 0 spiro atoms. The fourth-order valence-electron chi connectivity index (χ4n) is 3.28. The number of anilines is 1. The van der Waals surface area contributed by atoms with E-state index in [0.717, 1.165) is 0 Å². The van der Waals surface area contributed by atoms with E-state index in [9.17, 15) is 26.7 Å². The molecule has 180 valence electrons. The summed E-state index contributed by atoms with van der Waals surface area (Å²) < 4.78 is 74.7. The molecule has 35 heavy (non-hydrogen) atoms. The van der Waals surface area contributed by atoms with E-state index in [0.29, 0.717) is 26.9 Å². The van der Waals surface area contributed by atoms with Crippen LogP contribution in [0.25, 0.3) is 6.08 Å². The second-order valence-electron chi connectivity index (χ2n) is 7.38. The number of nitrogens with zero attached hydrogens (tertiary/aromatic N) is 2. The van der Waals surface area contributed by atoms with Gasteiger partial charge in [0.05, 0.1) is 11.3 Å². The largest absolute Gasteiger partial charge is 0.489 e. The lowest BCUT2D eigenvalue weighted by Crippen LogP contribution is -2.25. The van der Waals surface area contributed by atoms with Gasteiger partial charge in [0.25, 0.3) is 5.91 Å². The van der Waals surface area contributed by atoms with Gasteiger partial charge in [0.2, 0.25) is 5.82 Å². The summed E-state index contributed by atoms with van der Waals surface area (Å²) >= 11 is 12.0. The first-order valence-corrected chi connectivity index (χ1v) is 10.6. The zero-order valence-electron chi connectivity index (χ0n) is 17.7. The van der Waals surface area contributed by atoms with Gasteiger partial charge in [-0.05, 0) is 42.8 Å². The van der Waals surface area contributed by atoms with Crippen LogP contribution in [0.3, 0.4) is 0 Å². The normalized spacial score (nSPS) is 14.6. The van der Waals surface area contributed by atoms with E-state index >= 15 is 0 Å². The van der Waals surface area contributed by atoms with Crippen molar-refractivity contribution in [1.29, 1.82) is 0 Å². The second kappa shape index (κ2) is 9.67. The molecule has 0 radical (unpaired) electrons. The van der Waals surface area contributed by atoms with Gasteiger partial charge in [-0.25, -0.2) is 22.0 Å².